The Morgan fingerprint density at radius 2 is 1.78 bits per heavy atom. The molecule has 0 aliphatic carbocycles. The first kappa shape index (κ1) is 17.6. The molecule has 0 bridgehead atoms. The molecule has 122 valence electrons. The molecule has 2 rings (SSSR count). The molecule has 0 fully saturated rings. The molecule has 0 spiro atoms. The Morgan fingerprint density at radius 1 is 1.13 bits per heavy atom. The van der Waals surface area contributed by atoms with Crippen LogP contribution in [0.4, 0.5) is 5.69 Å². The van der Waals surface area contributed by atoms with Crippen molar-refractivity contribution in [3.05, 3.63) is 58.6 Å². The fourth-order valence-corrected chi connectivity index (χ4v) is 3.90. The molecule has 0 aliphatic rings. The standard InChI is InChI=1S/C14H13Cl2N3O3S/c15-10-6-7-13(12(16)8-10)19(9-14(20)18-17)23(21,22)11-4-2-1-3-5-11/h1-8H,9,17H2,(H,18,20). The molecule has 3 N–H and O–H groups in total. The molecule has 2 aromatic rings. The maximum absolute atomic E-state index is 12.8. The van der Waals surface area contributed by atoms with Crippen molar-refractivity contribution in [3.8, 4) is 0 Å². The van der Waals surface area contributed by atoms with Gasteiger partial charge in [0.2, 0.25) is 0 Å². The molecule has 0 atom stereocenters. The maximum Gasteiger partial charge on any atom is 0.264 e. The predicted octanol–water partition coefficient (Wildman–Crippen LogP) is 2.18. The highest BCUT2D eigenvalue weighted by Gasteiger charge is 2.28. The number of hydrazine groups is 1. The molecule has 6 nitrogen and oxygen atoms in total. The van der Waals surface area contributed by atoms with Crippen molar-refractivity contribution in [1.82, 2.24) is 5.43 Å². The summed E-state index contributed by atoms with van der Waals surface area (Å²) in [5.74, 6) is 4.38. The Hall–Kier alpha value is -1.80. The van der Waals surface area contributed by atoms with Crippen molar-refractivity contribution in [1.29, 1.82) is 0 Å². The molecule has 9 heteroatoms. The Balaban J connectivity index is 2.56. The summed E-state index contributed by atoms with van der Waals surface area (Å²) in [5.41, 5.74) is 2.03. The summed E-state index contributed by atoms with van der Waals surface area (Å²) >= 11 is 11.9. The molecule has 23 heavy (non-hydrogen) atoms. The van der Waals surface area contributed by atoms with Crippen LogP contribution in [0.2, 0.25) is 10.0 Å². The predicted molar refractivity (Wildman–Crippen MR) is 89.8 cm³/mol. The van der Waals surface area contributed by atoms with Crippen LogP contribution >= 0.6 is 23.2 Å². The highest BCUT2D eigenvalue weighted by Crippen LogP contribution is 2.32. The lowest BCUT2D eigenvalue weighted by atomic mass is 10.3. The summed E-state index contributed by atoms with van der Waals surface area (Å²) in [5, 5.41) is 0.445. The van der Waals surface area contributed by atoms with Crippen LogP contribution in [0.5, 0.6) is 0 Å². The maximum atomic E-state index is 12.8. The van der Waals surface area contributed by atoms with E-state index in [0.29, 0.717) is 5.02 Å². The van der Waals surface area contributed by atoms with E-state index in [9.17, 15) is 13.2 Å². The molecule has 0 unspecified atom stereocenters. The van der Waals surface area contributed by atoms with Crippen LogP contribution in [-0.2, 0) is 14.8 Å². The lowest BCUT2D eigenvalue weighted by molar-refractivity contribution is -0.119. The van der Waals surface area contributed by atoms with Crippen molar-refractivity contribution in [2.75, 3.05) is 10.8 Å². The Labute approximate surface area is 143 Å². The van der Waals surface area contributed by atoms with Crippen molar-refractivity contribution >= 4 is 44.8 Å². The fourth-order valence-electron chi connectivity index (χ4n) is 1.88. The van der Waals surface area contributed by atoms with Crippen LogP contribution in [0.15, 0.2) is 53.4 Å². The number of hydrogen-bond acceptors (Lipinski definition) is 4. The molecule has 0 radical (unpaired) electrons. The third-order valence-electron chi connectivity index (χ3n) is 2.96. The minimum Gasteiger partial charge on any atom is -0.293 e. The van der Waals surface area contributed by atoms with Crippen LogP contribution < -0.4 is 15.6 Å². The van der Waals surface area contributed by atoms with Gasteiger partial charge in [-0.25, -0.2) is 14.3 Å². The highest BCUT2D eigenvalue weighted by atomic mass is 35.5. The first-order chi connectivity index (χ1) is 10.9. The Bertz CT molecular complexity index is 813. The summed E-state index contributed by atoms with van der Waals surface area (Å²) < 4.78 is 26.5. The normalized spacial score (nSPS) is 11.1. The smallest absolute Gasteiger partial charge is 0.264 e. The van der Waals surface area contributed by atoms with E-state index < -0.39 is 22.5 Å². The SMILES string of the molecule is NNC(=O)CN(c1ccc(Cl)cc1Cl)S(=O)(=O)c1ccccc1. The molecular formula is C14H13Cl2N3O3S. The fraction of sp³-hybridized carbons (Fsp3) is 0.0714. The summed E-state index contributed by atoms with van der Waals surface area (Å²) in [6.45, 7) is -0.519. The summed E-state index contributed by atoms with van der Waals surface area (Å²) in [6, 6.07) is 12.0. The number of halogens is 2. The Kier molecular flexibility index (Phi) is 5.48. The Morgan fingerprint density at radius 3 is 2.35 bits per heavy atom. The van der Waals surface area contributed by atoms with Gasteiger partial charge in [0, 0.05) is 5.02 Å². The van der Waals surface area contributed by atoms with Crippen LogP contribution in [0.25, 0.3) is 0 Å². The van der Waals surface area contributed by atoms with E-state index in [1.54, 1.807) is 18.2 Å². The minimum absolute atomic E-state index is 0.0239. The molecule has 2 aromatic carbocycles. The number of carbonyl (C=O) groups is 1. The summed E-state index contributed by atoms with van der Waals surface area (Å²) in [6.07, 6.45) is 0. The monoisotopic (exact) mass is 373 g/mol. The van der Waals surface area contributed by atoms with Crippen LogP contribution in [0.3, 0.4) is 0 Å². The van der Waals surface area contributed by atoms with Crippen molar-refractivity contribution in [2.45, 2.75) is 4.90 Å². The quantitative estimate of drug-likeness (QED) is 0.477. The second-order valence-corrected chi connectivity index (χ2v) is 7.19. The van der Waals surface area contributed by atoms with E-state index in [2.05, 4.69) is 0 Å². The van der Waals surface area contributed by atoms with Gasteiger partial charge in [-0.05, 0) is 30.3 Å². The number of rotatable bonds is 5. The van der Waals surface area contributed by atoms with Crippen molar-refractivity contribution in [3.63, 3.8) is 0 Å². The average molecular weight is 374 g/mol. The average Bonchev–Trinajstić information content (AvgIpc) is 2.53. The van der Waals surface area contributed by atoms with Crippen LogP contribution in [0.1, 0.15) is 0 Å². The van der Waals surface area contributed by atoms with Gasteiger partial charge in [0.05, 0.1) is 15.6 Å². The number of carbonyl (C=O) groups excluding carboxylic acids is 1. The number of nitrogens with zero attached hydrogens (tertiary/aromatic N) is 1. The number of sulfonamides is 1. The van der Waals surface area contributed by atoms with E-state index in [-0.39, 0.29) is 15.6 Å². The minimum atomic E-state index is -4.01. The third-order valence-corrected chi connectivity index (χ3v) is 5.27. The van der Waals surface area contributed by atoms with E-state index in [0.717, 1.165) is 4.31 Å². The lowest BCUT2D eigenvalue weighted by Crippen LogP contribution is -2.43. The first-order valence-electron chi connectivity index (χ1n) is 6.38. The molecule has 0 aliphatic heterocycles. The van der Waals surface area contributed by atoms with Gasteiger partial charge in [-0.2, -0.15) is 0 Å². The van der Waals surface area contributed by atoms with Crippen molar-refractivity contribution < 1.29 is 13.2 Å². The second-order valence-electron chi connectivity index (χ2n) is 4.49. The number of nitrogens with one attached hydrogen (secondary N) is 1. The molecule has 0 saturated carbocycles. The van der Waals surface area contributed by atoms with Crippen molar-refractivity contribution in [2.24, 2.45) is 5.84 Å². The number of amides is 1. The van der Waals surface area contributed by atoms with E-state index >= 15 is 0 Å². The third kappa shape index (κ3) is 3.94. The number of anilines is 1. The topological polar surface area (TPSA) is 92.5 Å². The lowest BCUT2D eigenvalue weighted by Gasteiger charge is -2.24. The van der Waals surface area contributed by atoms with Gasteiger partial charge in [0.25, 0.3) is 15.9 Å². The first-order valence-corrected chi connectivity index (χ1v) is 8.58. The van der Waals surface area contributed by atoms with E-state index in [1.807, 2.05) is 5.43 Å². The van der Waals surface area contributed by atoms with E-state index in [1.165, 1.54) is 30.3 Å². The highest BCUT2D eigenvalue weighted by molar-refractivity contribution is 7.92. The van der Waals surface area contributed by atoms with Gasteiger partial charge in [-0.1, -0.05) is 41.4 Å². The van der Waals surface area contributed by atoms with Crippen LogP contribution in [0, 0.1) is 0 Å². The zero-order chi connectivity index (χ0) is 17.0. The van der Waals surface area contributed by atoms with Gasteiger partial charge in [-0.3, -0.25) is 14.5 Å². The van der Waals surface area contributed by atoms with Gasteiger partial charge in [-0.15, -0.1) is 0 Å². The summed E-state index contributed by atoms with van der Waals surface area (Å²) in [4.78, 5) is 11.7. The van der Waals surface area contributed by atoms with Gasteiger partial charge >= 0.3 is 0 Å². The number of benzene rings is 2. The molecule has 0 heterocycles. The van der Waals surface area contributed by atoms with E-state index in [4.69, 9.17) is 29.0 Å². The zero-order valence-corrected chi connectivity index (χ0v) is 14.1. The van der Waals surface area contributed by atoms with Crippen LogP contribution in [-0.4, -0.2) is 20.9 Å². The summed E-state index contributed by atoms with van der Waals surface area (Å²) in [7, 11) is -4.01. The number of nitrogens with two attached hydrogens (primary N) is 1. The van der Waals surface area contributed by atoms with Gasteiger partial charge in [0.1, 0.15) is 6.54 Å². The molecule has 1 amide bonds. The largest absolute Gasteiger partial charge is 0.293 e. The molecule has 0 saturated heterocycles. The second kappa shape index (κ2) is 7.18. The molecular weight excluding hydrogens is 361 g/mol. The zero-order valence-electron chi connectivity index (χ0n) is 11.7. The van der Waals surface area contributed by atoms with Gasteiger partial charge < -0.3 is 0 Å². The number of hydrogen-bond donors (Lipinski definition) is 2. The van der Waals surface area contributed by atoms with Gasteiger partial charge in [0.15, 0.2) is 0 Å². The molecule has 0 aromatic heterocycles.